The summed E-state index contributed by atoms with van der Waals surface area (Å²) in [7, 11) is 0. The maximum Gasteiger partial charge on any atom is 0.250 e. The SMILES string of the molecule is CC(c1cc(F)cc(F)c1)N(CC(N)=O)C(=O)C1=CCCCC1. The first-order chi connectivity index (χ1) is 10.9. The summed E-state index contributed by atoms with van der Waals surface area (Å²) in [6.45, 7) is 1.33. The number of benzene rings is 1. The summed E-state index contributed by atoms with van der Waals surface area (Å²) >= 11 is 0. The number of hydrogen-bond donors (Lipinski definition) is 1. The fraction of sp³-hybridized carbons (Fsp3) is 0.412. The van der Waals surface area contributed by atoms with E-state index in [2.05, 4.69) is 0 Å². The summed E-state index contributed by atoms with van der Waals surface area (Å²) in [4.78, 5) is 25.3. The van der Waals surface area contributed by atoms with Gasteiger partial charge in [0.2, 0.25) is 11.8 Å². The molecular formula is C17H20F2N2O2. The third kappa shape index (κ3) is 4.37. The minimum Gasteiger partial charge on any atom is -0.368 e. The zero-order valence-corrected chi connectivity index (χ0v) is 13.0. The Kier molecular flexibility index (Phi) is 5.47. The highest BCUT2D eigenvalue weighted by Crippen LogP contribution is 2.26. The smallest absolute Gasteiger partial charge is 0.250 e. The second-order valence-electron chi connectivity index (χ2n) is 5.75. The van der Waals surface area contributed by atoms with E-state index in [9.17, 15) is 18.4 Å². The van der Waals surface area contributed by atoms with Gasteiger partial charge in [0.1, 0.15) is 18.2 Å². The third-order valence-electron chi connectivity index (χ3n) is 3.99. The number of nitrogens with zero attached hydrogens (tertiary/aromatic N) is 1. The number of carbonyl (C=O) groups excluding carboxylic acids is 2. The number of primary amides is 1. The lowest BCUT2D eigenvalue weighted by atomic mass is 9.97. The van der Waals surface area contributed by atoms with Gasteiger partial charge in [0.25, 0.3) is 0 Å². The Hall–Kier alpha value is -2.24. The summed E-state index contributed by atoms with van der Waals surface area (Å²) < 4.78 is 26.8. The van der Waals surface area contributed by atoms with Crippen LogP contribution in [0.15, 0.2) is 29.8 Å². The number of rotatable bonds is 5. The molecule has 23 heavy (non-hydrogen) atoms. The average molecular weight is 322 g/mol. The molecule has 2 amide bonds. The second-order valence-corrected chi connectivity index (χ2v) is 5.75. The van der Waals surface area contributed by atoms with Gasteiger partial charge in [-0.15, -0.1) is 0 Å². The molecule has 0 bridgehead atoms. The summed E-state index contributed by atoms with van der Waals surface area (Å²) in [6, 6.07) is 2.41. The maximum absolute atomic E-state index is 13.4. The average Bonchev–Trinajstić information content (AvgIpc) is 2.51. The van der Waals surface area contributed by atoms with Crippen molar-refractivity contribution in [2.75, 3.05) is 6.54 Å². The van der Waals surface area contributed by atoms with E-state index >= 15 is 0 Å². The van der Waals surface area contributed by atoms with Gasteiger partial charge in [0.05, 0.1) is 6.04 Å². The quantitative estimate of drug-likeness (QED) is 0.906. The minimum absolute atomic E-state index is 0.286. The van der Waals surface area contributed by atoms with Gasteiger partial charge in [-0.25, -0.2) is 8.78 Å². The number of allylic oxidation sites excluding steroid dienone is 1. The van der Waals surface area contributed by atoms with Gasteiger partial charge in [0.15, 0.2) is 0 Å². The van der Waals surface area contributed by atoms with Gasteiger partial charge in [0, 0.05) is 11.6 Å². The van der Waals surface area contributed by atoms with Gasteiger partial charge in [-0.3, -0.25) is 9.59 Å². The number of amides is 2. The first-order valence-corrected chi connectivity index (χ1v) is 7.63. The van der Waals surface area contributed by atoms with Crippen LogP contribution in [0.1, 0.15) is 44.2 Å². The molecule has 0 saturated heterocycles. The van der Waals surface area contributed by atoms with E-state index in [1.807, 2.05) is 6.08 Å². The molecule has 1 aromatic rings. The standard InChI is InChI=1S/C17H20F2N2O2/c1-11(13-7-14(18)9-15(19)8-13)21(10-16(20)22)17(23)12-5-3-2-4-6-12/h5,7-9,11H,2-4,6,10H2,1H3,(H2,20,22). The van der Waals surface area contributed by atoms with Gasteiger partial charge >= 0.3 is 0 Å². The monoisotopic (exact) mass is 322 g/mol. The van der Waals surface area contributed by atoms with Crippen LogP contribution >= 0.6 is 0 Å². The van der Waals surface area contributed by atoms with E-state index < -0.39 is 23.6 Å². The predicted octanol–water partition coefficient (Wildman–Crippen LogP) is 2.84. The predicted molar refractivity (Wildman–Crippen MR) is 82.2 cm³/mol. The zero-order valence-electron chi connectivity index (χ0n) is 13.0. The molecule has 0 heterocycles. The first kappa shape index (κ1) is 17.1. The molecular weight excluding hydrogens is 302 g/mol. The number of hydrogen-bond acceptors (Lipinski definition) is 2. The Morgan fingerprint density at radius 2 is 1.87 bits per heavy atom. The van der Waals surface area contributed by atoms with E-state index in [4.69, 9.17) is 5.73 Å². The number of halogens is 2. The Morgan fingerprint density at radius 1 is 1.22 bits per heavy atom. The van der Waals surface area contributed by atoms with Crippen molar-refractivity contribution >= 4 is 11.8 Å². The molecule has 0 saturated carbocycles. The minimum atomic E-state index is -0.727. The molecule has 1 aliphatic carbocycles. The van der Waals surface area contributed by atoms with E-state index in [0.29, 0.717) is 12.0 Å². The molecule has 0 aliphatic heterocycles. The zero-order chi connectivity index (χ0) is 17.0. The van der Waals surface area contributed by atoms with E-state index in [-0.39, 0.29) is 18.0 Å². The Bertz CT molecular complexity index is 623. The van der Waals surface area contributed by atoms with E-state index in [0.717, 1.165) is 37.5 Å². The topological polar surface area (TPSA) is 63.4 Å². The molecule has 0 aromatic heterocycles. The summed E-state index contributed by atoms with van der Waals surface area (Å²) in [5.41, 5.74) is 6.15. The Balaban J connectivity index is 2.31. The third-order valence-corrected chi connectivity index (χ3v) is 3.99. The molecule has 4 nitrogen and oxygen atoms in total. The van der Waals surface area contributed by atoms with Crippen LogP contribution in [0.4, 0.5) is 8.78 Å². The summed E-state index contributed by atoms with van der Waals surface area (Å²) in [5.74, 6) is -2.43. The molecule has 1 aromatic carbocycles. The molecule has 0 spiro atoms. The second kappa shape index (κ2) is 7.35. The van der Waals surface area contributed by atoms with Gasteiger partial charge in [-0.05, 0) is 50.3 Å². The van der Waals surface area contributed by atoms with Crippen molar-refractivity contribution in [3.8, 4) is 0 Å². The van der Waals surface area contributed by atoms with Crippen molar-refractivity contribution in [3.63, 3.8) is 0 Å². The van der Waals surface area contributed by atoms with Crippen LogP contribution < -0.4 is 5.73 Å². The van der Waals surface area contributed by atoms with Crippen molar-refractivity contribution in [2.24, 2.45) is 5.73 Å². The van der Waals surface area contributed by atoms with Crippen molar-refractivity contribution in [3.05, 3.63) is 47.0 Å². The molecule has 6 heteroatoms. The van der Waals surface area contributed by atoms with Crippen LogP contribution in [0.2, 0.25) is 0 Å². The molecule has 1 atom stereocenters. The lowest BCUT2D eigenvalue weighted by Gasteiger charge is -2.30. The van der Waals surface area contributed by atoms with Gasteiger partial charge in [-0.2, -0.15) is 0 Å². The number of nitrogens with two attached hydrogens (primary N) is 1. The van der Waals surface area contributed by atoms with Gasteiger partial charge < -0.3 is 10.6 Å². The fourth-order valence-corrected chi connectivity index (χ4v) is 2.77. The van der Waals surface area contributed by atoms with Crippen LogP contribution in [0.5, 0.6) is 0 Å². The normalized spacial score (nSPS) is 15.7. The largest absolute Gasteiger partial charge is 0.368 e. The first-order valence-electron chi connectivity index (χ1n) is 7.63. The fourth-order valence-electron chi connectivity index (χ4n) is 2.77. The Morgan fingerprint density at radius 3 is 2.39 bits per heavy atom. The van der Waals surface area contributed by atoms with Crippen molar-refractivity contribution in [1.29, 1.82) is 0 Å². The lowest BCUT2D eigenvalue weighted by Crippen LogP contribution is -2.41. The van der Waals surface area contributed by atoms with Crippen molar-refractivity contribution in [1.82, 2.24) is 4.90 Å². The molecule has 1 aliphatic rings. The van der Waals surface area contributed by atoms with Crippen molar-refractivity contribution in [2.45, 2.75) is 38.6 Å². The lowest BCUT2D eigenvalue weighted by molar-refractivity contribution is -0.134. The Labute approximate surface area is 134 Å². The molecule has 0 fully saturated rings. The highest BCUT2D eigenvalue weighted by atomic mass is 19.1. The summed E-state index contributed by atoms with van der Waals surface area (Å²) in [5, 5.41) is 0. The molecule has 2 rings (SSSR count). The van der Waals surface area contributed by atoms with Crippen LogP contribution in [0, 0.1) is 11.6 Å². The molecule has 124 valence electrons. The highest BCUT2D eigenvalue weighted by Gasteiger charge is 2.26. The van der Waals surface area contributed by atoms with Crippen LogP contribution in [-0.2, 0) is 9.59 Å². The number of carbonyl (C=O) groups is 2. The molecule has 2 N–H and O–H groups in total. The molecule has 0 radical (unpaired) electrons. The maximum atomic E-state index is 13.4. The van der Waals surface area contributed by atoms with E-state index in [1.54, 1.807) is 6.92 Å². The van der Waals surface area contributed by atoms with Crippen LogP contribution in [0.25, 0.3) is 0 Å². The van der Waals surface area contributed by atoms with E-state index in [1.165, 1.54) is 4.90 Å². The highest BCUT2D eigenvalue weighted by molar-refractivity contribution is 5.96. The van der Waals surface area contributed by atoms with Crippen LogP contribution in [-0.4, -0.2) is 23.3 Å². The van der Waals surface area contributed by atoms with Crippen LogP contribution in [0.3, 0.4) is 0 Å². The molecule has 1 unspecified atom stereocenters. The van der Waals surface area contributed by atoms with Crippen molar-refractivity contribution < 1.29 is 18.4 Å². The summed E-state index contributed by atoms with van der Waals surface area (Å²) in [6.07, 6.45) is 5.24. The van der Waals surface area contributed by atoms with Gasteiger partial charge in [-0.1, -0.05) is 6.08 Å².